The number of amides is 1. The first-order valence-electron chi connectivity index (χ1n) is 7.32. The summed E-state index contributed by atoms with van der Waals surface area (Å²) in [4.78, 5) is 32.3. The maximum atomic E-state index is 12.2. The number of ether oxygens (including phenoxy) is 1. The number of anilines is 1. The number of fused-ring (bicyclic) bond motifs is 1. The third kappa shape index (κ3) is 3.57. The molecule has 24 heavy (non-hydrogen) atoms. The summed E-state index contributed by atoms with van der Waals surface area (Å²) < 4.78 is 6.15. The van der Waals surface area contributed by atoms with E-state index < -0.39 is 18.0 Å². The van der Waals surface area contributed by atoms with Crippen molar-refractivity contribution in [2.24, 2.45) is 0 Å². The normalized spacial score (nSPS) is 11.9. The first-order valence-corrected chi connectivity index (χ1v) is 8.13. The van der Waals surface area contributed by atoms with Crippen molar-refractivity contribution in [1.29, 1.82) is 0 Å². The molecule has 0 saturated carbocycles. The molecule has 1 N–H and O–H groups in total. The SMILES string of the molecule is Cc1ccc2nc(NC(=O)C(C)OC(=O)c3ccncc3)sc2c1. The number of esters is 1. The van der Waals surface area contributed by atoms with Gasteiger partial charge in [0.1, 0.15) is 0 Å². The lowest BCUT2D eigenvalue weighted by Crippen LogP contribution is -2.29. The zero-order valence-electron chi connectivity index (χ0n) is 13.1. The summed E-state index contributed by atoms with van der Waals surface area (Å²) in [6, 6.07) is 8.94. The molecule has 0 aliphatic heterocycles. The number of carbonyl (C=O) groups is 2. The molecule has 0 spiro atoms. The third-order valence-electron chi connectivity index (χ3n) is 3.34. The minimum absolute atomic E-state index is 0.347. The average molecular weight is 341 g/mol. The van der Waals surface area contributed by atoms with Crippen LogP contribution in [0.2, 0.25) is 0 Å². The minimum atomic E-state index is -0.931. The highest BCUT2D eigenvalue weighted by Crippen LogP contribution is 2.26. The lowest BCUT2D eigenvalue weighted by Gasteiger charge is -2.12. The highest BCUT2D eigenvalue weighted by atomic mass is 32.1. The van der Waals surface area contributed by atoms with Crippen LogP contribution in [-0.4, -0.2) is 27.9 Å². The van der Waals surface area contributed by atoms with Crippen LogP contribution < -0.4 is 5.32 Å². The molecule has 1 aromatic carbocycles. The van der Waals surface area contributed by atoms with Crippen LogP contribution in [0.3, 0.4) is 0 Å². The lowest BCUT2D eigenvalue weighted by molar-refractivity contribution is -0.123. The number of hydrogen-bond acceptors (Lipinski definition) is 6. The fourth-order valence-electron chi connectivity index (χ4n) is 2.06. The molecule has 0 aliphatic rings. The van der Waals surface area contributed by atoms with Crippen molar-refractivity contribution >= 4 is 38.6 Å². The monoisotopic (exact) mass is 341 g/mol. The lowest BCUT2D eigenvalue weighted by atomic mass is 10.2. The molecule has 1 atom stereocenters. The van der Waals surface area contributed by atoms with Crippen molar-refractivity contribution in [1.82, 2.24) is 9.97 Å². The van der Waals surface area contributed by atoms with Gasteiger partial charge in [-0.05, 0) is 43.7 Å². The van der Waals surface area contributed by atoms with Gasteiger partial charge < -0.3 is 4.74 Å². The molecular weight excluding hydrogens is 326 g/mol. The second kappa shape index (κ2) is 6.76. The molecule has 2 heterocycles. The molecule has 6 nitrogen and oxygen atoms in total. The smallest absolute Gasteiger partial charge is 0.339 e. The van der Waals surface area contributed by atoms with Gasteiger partial charge in [-0.1, -0.05) is 17.4 Å². The number of aromatic nitrogens is 2. The molecule has 1 amide bonds. The molecule has 0 fully saturated rings. The van der Waals surface area contributed by atoms with E-state index in [1.165, 1.54) is 42.8 Å². The van der Waals surface area contributed by atoms with Gasteiger partial charge in [0.2, 0.25) is 0 Å². The Morgan fingerprint density at radius 1 is 1.21 bits per heavy atom. The molecule has 0 radical (unpaired) electrons. The van der Waals surface area contributed by atoms with Gasteiger partial charge in [0.05, 0.1) is 15.8 Å². The predicted molar refractivity (Wildman–Crippen MR) is 92.1 cm³/mol. The Kier molecular flexibility index (Phi) is 4.52. The zero-order valence-corrected chi connectivity index (χ0v) is 14.0. The van der Waals surface area contributed by atoms with E-state index in [4.69, 9.17) is 4.74 Å². The molecule has 0 saturated heterocycles. The molecular formula is C17H15N3O3S. The standard InChI is InChI=1S/C17H15N3O3S/c1-10-3-4-13-14(9-10)24-17(19-13)20-15(21)11(2)23-16(22)12-5-7-18-8-6-12/h3-9,11H,1-2H3,(H,19,20,21). The highest BCUT2D eigenvalue weighted by Gasteiger charge is 2.20. The van der Waals surface area contributed by atoms with E-state index in [9.17, 15) is 9.59 Å². The summed E-state index contributed by atoms with van der Waals surface area (Å²) in [6.07, 6.45) is 2.05. The summed E-state index contributed by atoms with van der Waals surface area (Å²) in [5.41, 5.74) is 2.30. The van der Waals surface area contributed by atoms with Gasteiger partial charge in [-0.15, -0.1) is 0 Å². The molecule has 2 aromatic heterocycles. The number of carbonyl (C=O) groups excluding carboxylic acids is 2. The number of hydrogen-bond donors (Lipinski definition) is 1. The summed E-state index contributed by atoms with van der Waals surface area (Å²) in [6.45, 7) is 3.52. The quantitative estimate of drug-likeness (QED) is 0.737. The van der Waals surface area contributed by atoms with Crippen LogP contribution >= 0.6 is 11.3 Å². The number of aryl methyl sites for hydroxylation is 1. The number of rotatable bonds is 4. The van der Waals surface area contributed by atoms with E-state index in [0.29, 0.717) is 10.7 Å². The van der Waals surface area contributed by atoms with Gasteiger partial charge in [0.15, 0.2) is 11.2 Å². The molecule has 7 heteroatoms. The Morgan fingerprint density at radius 2 is 1.96 bits per heavy atom. The summed E-state index contributed by atoms with van der Waals surface area (Å²) in [7, 11) is 0. The molecule has 1 unspecified atom stereocenters. The Bertz CT molecular complexity index is 892. The van der Waals surface area contributed by atoms with Crippen LogP contribution in [0.15, 0.2) is 42.7 Å². The Balaban J connectivity index is 1.66. The van der Waals surface area contributed by atoms with Gasteiger partial charge in [0, 0.05) is 12.4 Å². The van der Waals surface area contributed by atoms with E-state index in [1.54, 1.807) is 0 Å². The number of nitrogens with one attached hydrogen (secondary N) is 1. The van der Waals surface area contributed by atoms with Crippen LogP contribution in [0, 0.1) is 6.92 Å². The fraction of sp³-hybridized carbons (Fsp3) is 0.176. The predicted octanol–water partition coefficient (Wildman–Crippen LogP) is 3.18. The topological polar surface area (TPSA) is 81.2 Å². The Morgan fingerprint density at radius 3 is 2.71 bits per heavy atom. The second-order valence-electron chi connectivity index (χ2n) is 5.26. The van der Waals surface area contributed by atoms with Crippen molar-refractivity contribution in [3.05, 3.63) is 53.9 Å². The van der Waals surface area contributed by atoms with Crippen LogP contribution in [0.4, 0.5) is 5.13 Å². The van der Waals surface area contributed by atoms with Gasteiger partial charge >= 0.3 is 5.97 Å². The number of benzene rings is 1. The largest absolute Gasteiger partial charge is 0.449 e. The second-order valence-corrected chi connectivity index (χ2v) is 6.29. The molecule has 0 aliphatic carbocycles. The Labute approximate surface area is 142 Å². The van der Waals surface area contributed by atoms with Crippen LogP contribution in [-0.2, 0) is 9.53 Å². The first-order chi connectivity index (χ1) is 11.5. The number of thiazole rings is 1. The highest BCUT2D eigenvalue weighted by molar-refractivity contribution is 7.22. The third-order valence-corrected chi connectivity index (χ3v) is 4.28. The summed E-state index contributed by atoms with van der Waals surface area (Å²) in [5, 5.41) is 3.17. The summed E-state index contributed by atoms with van der Waals surface area (Å²) >= 11 is 1.38. The van der Waals surface area contributed by atoms with Gasteiger partial charge in [0.25, 0.3) is 5.91 Å². The van der Waals surface area contributed by atoms with Crippen molar-refractivity contribution in [2.75, 3.05) is 5.32 Å². The number of nitrogens with zero attached hydrogens (tertiary/aromatic N) is 2. The average Bonchev–Trinajstić information content (AvgIpc) is 2.96. The Hall–Kier alpha value is -2.80. The van der Waals surface area contributed by atoms with E-state index in [0.717, 1.165) is 15.8 Å². The van der Waals surface area contributed by atoms with Crippen molar-refractivity contribution in [3.63, 3.8) is 0 Å². The number of pyridine rings is 1. The van der Waals surface area contributed by atoms with Crippen molar-refractivity contribution < 1.29 is 14.3 Å². The minimum Gasteiger partial charge on any atom is -0.449 e. The van der Waals surface area contributed by atoms with E-state index in [2.05, 4.69) is 15.3 Å². The van der Waals surface area contributed by atoms with Crippen LogP contribution in [0.5, 0.6) is 0 Å². The summed E-state index contributed by atoms with van der Waals surface area (Å²) in [5.74, 6) is -0.992. The van der Waals surface area contributed by atoms with Crippen LogP contribution in [0.1, 0.15) is 22.8 Å². The zero-order chi connectivity index (χ0) is 17.1. The van der Waals surface area contributed by atoms with Crippen molar-refractivity contribution in [3.8, 4) is 0 Å². The first kappa shape index (κ1) is 16.1. The van der Waals surface area contributed by atoms with E-state index in [1.807, 2.05) is 25.1 Å². The van der Waals surface area contributed by atoms with Crippen LogP contribution in [0.25, 0.3) is 10.2 Å². The fourth-order valence-corrected chi connectivity index (χ4v) is 3.03. The molecule has 3 rings (SSSR count). The van der Waals surface area contributed by atoms with Gasteiger partial charge in [-0.25, -0.2) is 9.78 Å². The molecule has 3 aromatic rings. The van der Waals surface area contributed by atoms with Gasteiger partial charge in [-0.2, -0.15) is 0 Å². The van der Waals surface area contributed by atoms with Crippen molar-refractivity contribution in [2.45, 2.75) is 20.0 Å². The maximum absolute atomic E-state index is 12.2. The van der Waals surface area contributed by atoms with Gasteiger partial charge in [-0.3, -0.25) is 15.1 Å². The molecule has 0 bridgehead atoms. The van der Waals surface area contributed by atoms with E-state index >= 15 is 0 Å². The maximum Gasteiger partial charge on any atom is 0.339 e. The van der Waals surface area contributed by atoms with E-state index in [-0.39, 0.29) is 0 Å². The molecule has 122 valence electrons.